The Balaban J connectivity index is 3.58. The highest BCUT2D eigenvalue weighted by Gasteiger charge is 2.90. The van der Waals surface area contributed by atoms with E-state index in [1.54, 1.807) is 13.8 Å². The third-order valence-corrected chi connectivity index (χ3v) is 5.22. The minimum Gasteiger partial charge on any atom is -0.374 e. The molecule has 0 aromatic heterocycles. The van der Waals surface area contributed by atoms with Crippen molar-refractivity contribution in [2.45, 2.75) is 75.0 Å². The van der Waals surface area contributed by atoms with Crippen LogP contribution in [-0.4, -0.2) is 42.9 Å². The van der Waals surface area contributed by atoms with Gasteiger partial charge in [-0.05, 0) is 30.4 Å². The van der Waals surface area contributed by atoms with E-state index in [1.165, 1.54) is 18.2 Å². The van der Waals surface area contributed by atoms with Crippen molar-refractivity contribution < 1.29 is 61.8 Å². The van der Waals surface area contributed by atoms with Gasteiger partial charge in [0.1, 0.15) is 0 Å². The Morgan fingerprint density at radius 3 is 1.56 bits per heavy atom. The summed E-state index contributed by atoms with van der Waals surface area (Å²) >= 11 is 0. The SMILES string of the molecule is COC(C)(CC(F)(F)C(F)(F)C(F)(F)C(F)(F)C(F)(F)C(F)(F)F)c1ccccc1CC(C)C. The average Bonchev–Trinajstić information content (AvgIpc) is 2.65. The second kappa shape index (κ2) is 9.05. The molecule has 34 heavy (non-hydrogen) atoms. The monoisotopic (exact) mass is 524 g/mol. The molecular formula is C20H21F13O. The summed E-state index contributed by atoms with van der Waals surface area (Å²) in [5.41, 5.74) is -2.55. The summed E-state index contributed by atoms with van der Waals surface area (Å²) in [7, 11) is 0.713. The van der Waals surface area contributed by atoms with E-state index in [0.29, 0.717) is 7.11 Å². The van der Waals surface area contributed by atoms with Gasteiger partial charge in [-0.2, -0.15) is 57.1 Å². The first-order valence-electron chi connectivity index (χ1n) is 9.52. The summed E-state index contributed by atoms with van der Waals surface area (Å²) in [5, 5.41) is 0. The van der Waals surface area contributed by atoms with Crippen molar-refractivity contribution >= 4 is 0 Å². The van der Waals surface area contributed by atoms with E-state index in [9.17, 15) is 57.1 Å². The zero-order chi connectivity index (χ0) is 27.2. The van der Waals surface area contributed by atoms with Crippen LogP contribution in [0.25, 0.3) is 0 Å². The summed E-state index contributed by atoms with van der Waals surface area (Å²) in [6.45, 7) is 4.11. The maximum atomic E-state index is 14.5. The minimum atomic E-state index is -7.93. The van der Waals surface area contributed by atoms with Crippen LogP contribution in [0.2, 0.25) is 0 Å². The third kappa shape index (κ3) is 4.83. The van der Waals surface area contributed by atoms with E-state index in [4.69, 9.17) is 4.74 Å². The number of halogens is 13. The number of hydrogen-bond acceptors (Lipinski definition) is 1. The molecule has 0 aliphatic carbocycles. The van der Waals surface area contributed by atoms with Crippen LogP contribution >= 0.6 is 0 Å². The fourth-order valence-electron chi connectivity index (χ4n) is 3.27. The molecular weight excluding hydrogens is 503 g/mol. The first-order chi connectivity index (χ1) is 14.9. The van der Waals surface area contributed by atoms with Gasteiger partial charge in [0.25, 0.3) is 0 Å². The lowest BCUT2D eigenvalue weighted by atomic mass is 9.81. The second-order valence-corrected chi connectivity index (χ2v) is 8.37. The van der Waals surface area contributed by atoms with E-state index >= 15 is 0 Å². The Morgan fingerprint density at radius 1 is 0.706 bits per heavy atom. The molecule has 0 spiro atoms. The van der Waals surface area contributed by atoms with Gasteiger partial charge in [0.2, 0.25) is 0 Å². The first kappa shape index (κ1) is 30.3. The normalized spacial score (nSPS) is 16.6. The Kier molecular flexibility index (Phi) is 8.06. The number of ether oxygens (including phenoxy) is 1. The molecule has 198 valence electrons. The predicted octanol–water partition coefficient (Wildman–Crippen LogP) is 7.88. The average molecular weight is 524 g/mol. The molecule has 1 nitrogen and oxygen atoms in total. The summed E-state index contributed by atoms with van der Waals surface area (Å²) in [6, 6.07) is 5.16. The van der Waals surface area contributed by atoms with Crippen molar-refractivity contribution in [2.24, 2.45) is 5.92 Å². The fraction of sp³-hybridized carbons (Fsp3) is 0.700. The van der Waals surface area contributed by atoms with E-state index < -0.39 is 47.8 Å². The van der Waals surface area contributed by atoms with Crippen LogP contribution in [0.3, 0.4) is 0 Å². The Hall–Kier alpha value is -1.73. The number of hydrogen-bond donors (Lipinski definition) is 0. The molecule has 0 saturated heterocycles. The number of alkyl halides is 13. The van der Waals surface area contributed by atoms with E-state index in [1.807, 2.05) is 0 Å². The maximum absolute atomic E-state index is 14.5. The van der Waals surface area contributed by atoms with Gasteiger partial charge < -0.3 is 4.74 Å². The molecule has 0 heterocycles. The van der Waals surface area contributed by atoms with E-state index in [2.05, 4.69) is 0 Å². The highest BCUT2D eigenvalue weighted by Crippen LogP contribution is 2.61. The van der Waals surface area contributed by atoms with Crippen LogP contribution in [0, 0.1) is 5.92 Å². The van der Waals surface area contributed by atoms with E-state index in [-0.39, 0.29) is 23.5 Å². The van der Waals surface area contributed by atoms with Crippen molar-refractivity contribution in [3.05, 3.63) is 35.4 Å². The van der Waals surface area contributed by atoms with Crippen LogP contribution in [0.15, 0.2) is 24.3 Å². The first-order valence-corrected chi connectivity index (χ1v) is 9.52. The van der Waals surface area contributed by atoms with Crippen molar-refractivity contribution in [1.29, 1.82) is 0 Å². The minimum absolute atomic E-state index is 0.128. The Bertz CT molecular complexity index is 845. The Labute approximate surface area is 186 Å². The molecule has 14 heteroatoms. The molecule has 0 N–H and O–H groups in total. The molecule has 1 atom stereocenters. The summed E-state index contributed by atoms with van der Waals surface area (Å²) in [5.74, 6) is -37.2. The number of rotatable bonds is 10. The molecule has 1 rings (SSSR count). The van der Waals surface area contributed by atoms with Crippen molar-refractivity contribution in [1.82, 2.24) is 0 Å². The standard InChI is InChI=1S/C20H21F13O/c1-11(2)9-12-7-5-6-8-13(12)14(3,34-4)10-15(21,22)16(23,24)17(25,26)18(27,28)19(29,30)20(31,32)33/h5-8,11H,9-10H2,1-4H3. The smallest absolute Gasteiger partial charge is 0.374 e. The summed E-state index contributed by atoms with van der Waals surface area (Å²) < 4.78 is 179. The lowest BCUT2D eigenvalue weighted by Gasteiger charge is -2.42. The lowest BCUT2D eigenvalue weighted by Crippen LogP contribution is -2.70. The van der Waals surface area contributed by atoms with Crippen LogP contribution in [0.5, 0.6) is 0 Å². The van der Waals surface area contributed by atoms with Crippen LogP contribution in [0.1, 0.15) is 38.3 Å². The van der Waals surface area contributed by atoms with Gasteiger partial charge in [-0.25, -0.2) is 0 Å². The Morgan fingerprint density at radius 2 is 1.15 bits per heavy atom. The van der Waals surface area contributed by atoms with Gasteiger partial charge in [0, 0.05) is 7.11 Å². The number of benzene rings is 1. The third-order valence-electron chi connectivity index (χ3n) is 5.22. The van der Waals surface area contributed by atoms with Crippen molar-refractivity contribution in [2.75, 3.05) is 7.11 Å². The van der Waals surface area contributed by atoms with Gasteiger partial charge >= 0.3 is 35.8 Å². The quantitative estimate of drug-likeness (QED) is 0.283. The van der Waals surface area contributed by atoms with Crippen molar-refractivity contribution in [3.63, 3.8) is 0 Å². The van der Waals surface area contributed by atoms with Crippen LogP contribution in [-0.2, 0) is 16.8 Å². The molecule has 0 amide bonds. The summed E-state index contributed by atoms with van der Waals surface area (Å²) in [6.07, 6.45) is -9.74. The van der Waals surface area contributed by atoms with Crippen LogP contribution in [0.4, 0.5) is 57.1 Å². The van der Waals surface area contributed by atoms with E-state index in [0.717, 1.165) is 13.0 Å². The largest absolute Gasteiger partial charge is 0.460 e. The second-order valence-electron chi connectivity index (χ2n) is 8.37. The highest BCUT2D eigenvalue weighted by molar-refractivity contribution is 5.33. The molecule has 1 aromatic carbocycles. The van der Waals surface area contributed by atoms with Crippen molar-refractivity contribution in [3.8, 4) is 0 Å². The molecule has 0 aliphatic heterocycles. The predicted molar refractivity (Wildman–Crippen MR) is 94.8 cm³/mol. The van der Waals surface area contributed by atoms with Gasteiger partial charge in [-0.15, -0.1) is 0 Å². The molecule has 1 aromatic rings. The number of methoxy groups -OCH3 is 1. The molecule has 1 unspecified atom stereocenters. The van der Waals surface area contributed by atoms with Gasteiger partial charge in [0.05, 0.1) is 12.0 Å². The highest BCUT2D eigenvalue weighted by atomic mass is 19.4. The van der Waals surface area contributed by atoms with Crippen LogP contribution < -0.4 is 0 Å². The topological polar surface area (TPSA) is 9.23 Å². The lowest BCUT2D eigenvalue weighted by molar-refractivity contribution is -0.441. The fourth-order valence-corrected chi connectivity index (χ4v) is 3.27. The zero-order valence-electron chi connectivity index (χ0n) is 18.1. The zero-order valence-corrected chi connectivity index (χ0v) is 18.1. The van der Waals surface area contributed by atoms with Gasteiger partial charge in [-0.1, -0.05) is 38.1 Å². The molecule has 0 bridgehead atoms. The molecule has 0 fully saturated rings. The molecule has 0 radical (unpaired) electrons. The maximum Gasteiger partial charge on any atom is 0.460 e. The molecule has 0 aliphatic rings. The van der Waals surface area contributed by atoms with Gasteiger partial charge in [-0.3, -0.25) is 0 Å². The molecule has 0 saturated carbocycles. The van der Waals surface area contributed by atoms with Gasteiger partial charge in [0.15, 0.2) is 0 Å². The summed E-state index contributed by atoms with van der Waals surface area (Å²) in [4.78, 5) is 0.